The van der Waals surface area contributed by atoms with Gasteiger partial charge < -0.3 is 15.2 Å². The van der Waals surface area contributed by atoms with Crippen molar-refractivity contribution in [3.05, 3.63) is 73.3 Å². The molecular weight excluding hydrogens is 518 g/mol. The second-order valence-corrected chi connectivity index (χ2v) is 11.3. The molecule has 1 saturated heterocycles. The predicted molar refractivity (Wildman–Crippen MR) is 146 cm³/mol. The highest BCUT2D eigenvalue weighted by Crippen LogP contribution is 2.34. The number of aliphatic hydroxyl groups is 1. The van der Waals surface area contributed by atoms with Crippen molar-refractivity contribution in [3.63, 3.8) is 0 Å². The second kappa shape index (κ2) is 10.2. The number of ether oxygens (including phenoxy) is 1. The Morgan fingerprint density at radius 1 is 1.18 bits per heavy atom. The van der Waals surface area contributed by atoms with Crippen molar-refractivity contribution in [3.8, 4) is 22.5 Å². The molecule has 1 aliphatic rings. The molecule has 2 N–H and O–H groups in total. The smallest absolute Gasteiger partial charge is 0.269 e. The molecule has 0 saturated carbocycles. The van der Waals surface area contributed by atoms with Gasteiger partial charge in [-0.25, -0.2) is 27.3 Å². The topological polar surface area (TPSA) is 137 Å². The molecule has 1 fully saturated rings. The van der Waals surface area contributed by atoms with Crippen LogP contribution in [0.15, 0.2) is 78.2 Å². The Kier molecular flexibility index (Phi) is 6.59. The van der Waals surface area contributed by atoms with Gasteiger partial charge in [0.25, 0.3) is 10.0 Å². The molecule has 0 amide bonds. The highest BCUT2D eigenvalue weighted by atomic mass is 32.2. The largest absolute Gasteiger partial charge is 0.392 e. The molecule has 39 heavy (non-hydrogen) atoms. The van der Waals surface area contributed by atoms with Gasteiger partial charge in [-0.2, -0.15) is 5.10 Å². The summed E-state index contributed by atoms with van der Waals surface area (Å²) in [5, 5.41) is 18.2. The first-order chi connectivity index (χ1) is 18.9. The Labute approximate surface area is 225 Å². The Morgan fingerprint density at radius 3 is 2.79 bits per heavy atom. The van der Waals surface area contributed by atoms with Crippen molar-refractivity contribution in [2.45, 2.75) is 30.4 Å². The minimum Gasteiger partial charge on any atom is -0.392 e. The summed E-state index contributed by atoms with van der Waals surface area (Å²) in [6.07, 6.45) is 7.06. The number of aromatic nitrogens is 6. The van der Waals surface area contributed by atoms with E-state index in [0.717, 1.165) is 17.5 Å². The van der Waals surface area contributed by atoms with Gasteiger partial charge in [0.2, 0.25) is 5.95 Å². The van der Waals surface area contributed by atoms with Gasteiger partial charge in [-0.05, 0) is 43.7 Å². The summed E-state index contributed by atoms with van der Waals surface area (Å²) < 4.78 is 35.2. The summed E-state index contributed by atoms with van der Waals surface area (Å²) >= 11 is 0. The number of aliphatic hydroxyl groups excluding tert-OH is 1. The fraction of sp³-hybridized carbons (Fsp3) is 0.259. The Balaban J connectivity index is 1.42. The lowest BCUT2D eigenvalue weighted by Crippen LogP contribution is -2.16. The van der Waals surface area contributed by atoms with Crippen LogP contribution in [0.2, 0.25) is 0 Å². The van der Waals surface area contributed by atoms with Gasteiger partial charge in [-0.3, -0.25) is 4.68 Å². The lowest BCUT2D eigenvalue weighted by Gasteiger charge is -2.09. The Bertz CT molecular complexity index is 1730. The SMILES string of the molecule is C[C@H](O)CNc1nccc(-c2cn(C3CCOC3)nc2-c2cnc3c(ccn3S(=O)(=O)c3ccccc3)c2)n1. The number of nitrogens with one attached hydrogen (secondary N) is 1. The van der Waals surface area contributed by atoms with Crippen LogP contribution >= 0.6 is 0 Å². The molecular formula is C27H27N7O4S. The van der Waals surface area contributed by atoms with Crippen molar-refractivity contribution >= 4 is 27.0 Å². The number of hydrogen-bond acceptors (Lipinski definition) is 9. The fourth-order valence-corrected chi connectivity index (χ4v) is 5.90. The van der Waals surface area contributed by atoms with Crippen LogP contribution in [-0.2, 0) is 14.8 Å². The average Bonchev–Trinajstić information content (AvgIpc) is 3.72. The number of nitrogens with zero attached hydrogens (tertiary/aromatic N) is 6. The molecule has 12 heteroatoms. The van der Waals surface area contributed by atoms with Crippen LogP contribution in [-0.4, -0.2) is 68.1 Å². The highest BCUT2D eigenvalue weighted by molar-refractivity contribution is 7.90. The maximum atomic E-state index is 13.2. The van der Waals surface area contributed by atoms with Gasteiger partial charge in [-0.1, -0.05) is 18.2 Å². The van der Waals surface area contributed by atoms with Crippen LogP contribution < -0.4 is 5.32 Å². The van der Waals surface area contributed by atoms with Gasteiger partial charge in [0.05, 0.1) is 29.3 Å². The molecule has 11 nitrogen and oxygen atoms in total. The fourth-order valence-electron chi connectivity index (χ4n) is 4.57. The van der Waals surface area contributed by atoms with Crippen molar-refractivity contribution in [2.24, 2.45) is 0 Å². The number of pyridine rings is 1. The molecule has 5 aromatic rings. The Morgan fingerprint density at radius 2 is 2.03 bits per heavy atom. The van der Waals surface area contributed by atoms with Crippen LogP contribution in [0.4, 0.5) is 5.95 Å². The monoisotopic (exact) mass is 545 g/mol. The number of fused-ring (bicyclic) bond motifs is 1. The van der Waals surface area contributed by atoms with Gasteiger partial charge >= 0.3 is 0 Å². The summed E-state index contributed by atoms with van der Waals surface area (Å²) in [6.45, 7) is 3.25. The third-order valence-corrected chi connectivity index (χ3v) is 8.25. The third-order valence-electron chi connectivity index (χ3n) is 6.57. The normalized spacial score (nSPS) is 16.5. The minimum absolute atomic E-state index is 0.0981. The summed E-state index contributed by atoms with van der Waals surface area (Å²) in [6, 6.07) is 13.8. The zero-order chi connectivity index (χ0) is 27.0. The highest BCUT2D eigenvalue weighted by Gasteiger charge is 2.24. The summed E-state index contributed by atoms with van der Waals surface area (Å²) in [7, 11) is -3.80. The van der Waals surface area contributed by atoms with E-state index in [1.54, 1.807) is 61.8 Å². The average molecular weight is 546 g/mol. The molecule has 5 heterocycles. The summed E-state index contributed by atoms with van der Waals surface area (Å²) in [5.74, 6) is 0.396. The van der Waals surface area contributed by atoms with Crippen LogP contribution in [0.25, 0.3) is 33.5 Å². The summed E-state index contributed by atoms with van der Waals surface area (Å²) in [5.41, 5.74) is 3.15. The molecule has 4 aromatic heterocycles. The van der Waals surface area contributed by atoms with Crippen LogP contribution in [0, 0.1) is 0 Å². The van der Waals surface area contributed by atoms with E-state index in [4.69, 9.17) is 9.84 Å². The van der Waals surface area contributed by atoms with E-state index in [1.165, 1.54) is 10.2 Å². The first-order valence-electron chi connectivity index (χ1n) is 12.6. The maximum absolute atomic E-state index is 13.2. The Hall–Kier alpha value is -4.13. The van der Waals surface area contributed by atoms with E-state index in [0.29, 0.717) is 48.1 Å². The first kappa shape index (κ1) is 25.2. The molecule has 1 unspecified atom stereocenters. The van der Waals surface area contributed by atoms with Crippen molar-refractivity contribution in [2.75, 3.05) is 25.1 Å². The van der Waals surface area contributed by atoms with Crippen LogP contribution in [0.1, 0.15) is 19.4 Å². The molecule has 2 atom stereocenters. The molecule has 200 valence electrons. The van der Waals surface area contributed by atoms with E-state index < -0.39 is 16.1 Å². The van der Waals surface area contributed by atoms with Crippen molar-refractivity contribution in [1.29, 1.82) is 0 Å². The zero-order valence-electron chi connectivity index (χ0n) is 21.2. The van der Waals surface area contributed by atoms with E-state index in [2.05, 4.69) is 20.3 Å². The molecule has 1 aromatic carbocycles. The van der Waals surface area contributed by atoms with E-state index in [1.807, 2.05) is 16.9 Å². The van der Waals surface area contributed by atoms with Crippen molar-refractivity contribution in [1.82, 2.24) is 28.7 Å². The zero-order valence-corrected chi connectivity index (χ0v) is 22.0. The van der Waals surface area contributed by atoms with E-state index in [-0.39, 0.29) is 10.9 Å². The number of rotatable bonds is 8. The first-order valence-corrected chi connectivity index (χ1v) is 14.0. The maximum Gasteiger partial charge on any atom is 0.269 e. The van der Waals surface area contributed by atoms with E-state index >= 15 is 0 Å². The predicted octanol–water partition coefficient (Wildman–Crippen LogP) is 3.35. The summed E-state index contributed by atoms with van der Waals surface area (Å²) in [4.78, 5) is 13.7. The third kappa shape index (κ3) is 4.89. The number of benzene rings is 1. The number of hydrogen-bond donors (Lipinski definition) is 2. The molecule has 0 aliphatic carbocycles. The molecule has 0 bridgehead atoms. The van der Waals surface area contributed by atoms with Gasteiger partial charge in [0.15, 0.2) is 5.65 Å². The molecule has 0 radical (unpaired) electrons. The van der Waals surface area contributed by atoms with Gasteiger partial charge in [0, 0.05) is 54.5 Å². The quantitative estimate of drug-likeness (QED) is 0.301. The van der Waals surface area contributed by atoms with Crippen LogP contribution in [0.3, 0.4) is 0 Å². The molecule has 6 rings (SSSR count). The second-order valence-electron chi connectivity index (χ2n) is 9.45. The standard InChI is InChI=1S/C27H27N7O4S/c1-18(35)14-30-27-28-10-7-24(31-27)23-16-33(21-9-12-38-17-21)32-25(23)20-13-19-8-11-34(26(19)29-15-20)39(36,37)22-5-3-2-4-6-22/h2-8,10-11,13,15-16,18,21,35H,9,12,14,17H2,1H3,(H,28,30,31)/t18-,21?/m0/s1. The lowest BCUT2D eigenvalue weighted by atomic mass is 10.1. The lowest BCUT2D eigenvalue weighted by molar-refractivity contribution is 0.184. The molecule has 0 spiro atoms. The van der Waals surface area contributed by atoms with Gasteiger partial charge in [0.1, 0.15) is 5.69 Å². The minimum atomic E-state index is -3.80. The van der Waals surface area contributed by atoms with E-state index in [9.17, 15) is 13.5 Å². The number of anilines is 1. The van der Waals surface area contributed by atoms with Gasteiger partial charge in [-0.15, -0.1) is 0 Å². The van der Waals surface area contributed by atoms with Crippen LogP contribution in [0.5, 0.6) is 0 Å². The molecule has 1 aliphatic heterocycles. The van der Waals surface area contributed by atoms with Crippen molar-refractivity contribution < 1.29 is 18.3 Å².